The minimum Gasteiger partial charge on any atom is -0.490 e. The molecule has 412 valence electrons. The van der Waals surface area contributed by atoms with Crippen LogP contribution in [-0.4, -0.2) is 106 Å². The van der Waals surface area contributed by atoms with Crippen LogP contribution in [0, 0.1) is 13.8 Å². The first-order chi connectivity index (χ1) is 36.6. The second kappa shape index (κ2) is 26.1. The summed E-state index contributed by atoms with van der Waals surface area (Å²) in [6.07, 6.45) is -6.12. The number of alkyl halides is 7. The predicted molar refractivity (Wildman–Crippen MR) is 265 cm³/mol. The Morgan fingerprint density at radius 2 is 1.12 bits per heavy atom. The summed E-state index contributed by atoms with van der Waals surface area (Å²) in [5, 5.41) is 18.4. The molecule has 28 heteroatoms. The number of aliphatic hydroxyl groups is 2. The Morgan fingerprint density at radius 3 is 1.62 bits per heavy atom. The van der Waals surface area contributed by atoms with Crippen LogP contribution in [-0.2, 0) is 50.8 Å². The number of imidazole rings is 1. The number of aromatic nitrogens is 8. The van der Waals surface area contributed by atoms with E-state index in [1.807, 2.05) is 32.0 Å². The SMILES string of the molecule is Cc1ccc(CCl)cn1.Cc1ccc(Cn2c(OCCOc3cccc(OC(F)(F)F)c3)nc3c2c(=O)n(CCO)c(=O)n3C)cn1.Cn1c2c(c(=O)n(CCO)c1=O)CC(OCCOc1cccc(OC(F)(F)F)c1)=N2. The third-order valence-corrected chi connectivity index (χ3v) is 11.0. The Balaban J connectivity index is 0.000000218. The maximum absolute atomic E-state index is 13.2. The first-order valence-corrected chi connectivity index (χ1v) is 23.6. The third kappa shape index (κ3) is 15.9. The molecule has 8 rings (SSSR count). The van der Waals surface area contributed by atoms with Crippen molar-refractivity contribution < 1.29 is 65.0 Å². The number of aliphatic hydroxyl groups excluding tert-OH is 2. The monoisotopic (exact) mass is 1110 g/mol. The van der Waals surface area contributed by atoms with Gasteiger partial charge in [0.25, 0.3) is 17.1 Å². The second-order valence-electron chi connectivity index (χ2n) is 16.4. The summed E-state index contributed by atoms with van der Waals surface area (Å²) in [7, 11) is 2.91. The lowest BCUT2D eigenvalue weighted by molar-refractivity contribution is -0.275. The summed E-state index contributed by atoms with van der Waals surface area (Å²) in [4.78, 5) is 67.3. The quantitative estimate of drug-likeness (QED) is 0.0634. The van der Waals surface area contributed by atoms with Crippen LogP contribution >= 0.6 is 11.6 Å². The molecule has 5 aromatic heterocycles. The smallest absolute Gasteiger partial charge is 0.490 e. The molecule has 1 aliphatic rings. The van der Waals surface area contributed by atoms with Crippen LogP contribution in [0.5, 0.6) is 29.0 Å². The topological polar surface area (TPSA) is 240 Å². The fraction of sp³-hybridized carbons (Fsp3) is 0.347. The Hall–Kier alpha value is -8.17. The number of hydrogen-bond acceptors (Lipinski definition) is 16. The normalized spacial score (nSPS) is 11.9. The Kier molecular flexibility index (Phi) is 19.7. The molecule has 7 aromatic rings. The molecule has 0 saturated heterocycles. The van der Waals surface area contributed by atoms with Gasteiger partial charge in [-0.05, 0) is 61.4 Å². The first kappa shape index (κ1) is 58.1. The van der Waals surface area contributed by atoms with Crippen LogP contribution in [0.15, 0.2) is 109 Å². The van der Waals surface area contributed by atoms with Crippen molar-refractivity contribution in [2.24, 2.45) is 19.1 Å². The molecule has 0 fully saturated rings. The van der Waals surface area contributed by atoms with Gasteiger partial charge in [0.15, 0.2) is 17.1 Å². The zero-order valence-corrected chi connectivity index (χ0v) is 42.3. The van der Waals surface area contributed by atoms with Gasteiger partial charge in [-0.2, -0.15) is 9.98 Å². The van der Waals surface area contributed by atoms with E-state index in [1.165, 1.54) is 52.1 Å². The maximum atomic E-state index is 13.2. The van der Waals surface area contributed by atoms with Gasteiger partial charge in [0.2, 0.25) is 0 Å². The van der Waals surface area contributed by atoms with Crippen molar-refractivity contribution in [2.45, 2.75) is 58.5 Å². The molecule has 77 heavy (non-hydrogen) atoms. The molecule has 21 nitrogen and oxygen atoms in total. The number of ether oxygens (including phenoxy) is 6. The van der Waals surface area contributed by atoms with Crippen molar-refractivity contribution >= 4 is 34.5 Å². The van der Waals surface area contributed by atoms with Crippen molar-refractivity contribution in [3.05, 3.63) is 155 Å². The van der Waals surface area contributed by atoms with Crippen molar-refractivity contribution in [3.63, 3.8) is 0 Å². The summed E-state index contributed by atoms with van der Waals surface area (Å²) in [5.41, 5.74) is 1.67. The number of aliphatic imine (C=N–C) groups is 1. The molecule has 0 radical (unpaired) electrons. The summed E-state index contributed by atoms with van der Waals surface area (Å²) in [5.74, 6) is 0.396. The van der Waals surface area contributed by atoms with E-state index in [-0.39, 0.29) is 105 Å². The number of hydrogen-bond donors (Lipinski definition) is 2. The molecule has 6 heterocycles. The molecule has 0 amide bonds. The van der Waals surface area contributed by atoms with E-state index in [0.29, 0.717) is 5.88 Å². The van der Waals surface area contributed by atoms with E-state index in [4.69, 9.17) is 35.7 Å². The van der Waals surface area contributed by atoms with E-state index in [0.717, 1.165) is 55.9 Å². The average Bonchev–Trinajstić information content (AvgIpc) is 3.98. The number of fused-ring (bicyclic) bond motifs is 2. The molecule has 2 N–H and O–H groups in total. The van der Waals surface area contributed by atoms with Gasteiger partial charge in [-0.1, -0.05) is 24.3 Å². The number of nitrogens with zero attached hydrogens (tertiary/aromatic N) is 9. The molecule has 0 saturated carbocycles. The van der Waals surface area contributed by atoms with Crippen LogP contribution in [0.1, 0.15) is 28.1 Å². The van der Waals surface area contributed by atoms with Gasteiger partial charge in [-0.15, -0.1) is 37.9 Å². The molecule has 0 spiro atoms. The van der Waals surface area contributed by atoms with Crippen LogP contribution < -0.4 is 46.2 Å². The molecular formula is C49H50ClF6N9O12. The van der Waals surface area contributed by atoms with Gasteiger partial charge in [-0.25, -0.2) is 9.59 Å². The predicted octanol–water partition coefficient (Wildman–Crippen LogP) is 5.25. The Labute approximate surface area is 437 Å². The van der Waals surface area contributed by atoms with Gasteiger partial charge in [0.1, 0.15) is 55.2 Å². The van der Waals surface area contributed by atoms with Crippen molar-refractivity contribution in [3.8, 4) is 29.0 Å². The van der Waals surface area contributed by atoms with Crippen LogP contribution in [0.3, 0.4) is 0 Å². The lowest BCUT2D eigenvalue weighted by atomic mass is 10.2. The summed E-state index contributed by atoms with van der Waals surface area (Å²) in [6, 6.07) is 17.7. The maximum Gasteiger partial charge on any atom is 0.573 e. The number of aryl methyl sites for hydroxylation is 3. The second-order valence-corrected chi connectivity index (χ2v) is 16.6. The van der Waals surface area contributed by atoms with Crippen LogP contribution in [0.25, 0.3) is 11.2 Å². The highest BCUT2D eigenvalue weighted by Crippen LogP contribution is 2.28. The van der Waals surface area contributed by atoms with E-state index in [1.54, 1.807) is 18.5 Å². The van der Waals surface area contributed by atoms with Gasteiger partial charge in [0.05, 0.1) is 44.8 Å². The van der Waals surface area contributed by atoms with E-state index >= 15 is 0 Å². The summed E-state index contributed by atoms with van der Waals surface area (Å²) in [6.45, 7) is 2.70. The van der Waals surface area contributed by atoms with E-state index < -0.39 is 53.3 Å². The van der Waals surface area contributed by atoms with Crippen LogP contribution in [0.4, 0.5) is 32.2 Å². The molecule has 0 bridgehead atoms. The number of pyridine rings is 2. The number of halogens is 7. The summed E-state index contributed by atoms with van der Waals surface area (Å²) < 4.78 is 110. The van der Waals surface area contributed by atoms with Gasteiger partial charge < -0.3 is 38.6 Å². The molecule has 0 atom stereocenters. The van der Waals surface area contributed by atoms with Gasteiger partial charge >= 0.3 is 24.1 Å². The largest absolute Gasteiger partial charge is 0.573 e. The van der Waals surface area contributed by atoms with Crippen LogP contribution in [0.2, 0.25) is 0 Å². The minimum atomic E-state index is -4.83. The zero-order valence-electron chi connectivity index (χ0n) is 41.5. The fourth-order valence-electron chi connectivity index (χ4n) is 7.20. The minimum absolute atomic E-state index is 0.00148. The molecule has 1 aliphatic heterocycles. The highest BCUT2D eigenvalue weighted by atomic mass is 35.5. The fourth-order valence-corrected chi connectivity index (χ4v) is 7.36. The highest BCUT2D eigenvalue weighted by molar-refractivity contribution is 6.17. The third-order valence-electron chi connectivity index (χ3n) is 10.7. The number of benzene rings is 2. The van der Waals surface area contributed by atoms with Crippen molar-refractivity contribution in [1.29, 1.82) is 0 Å². The van der Waals surface area contributed by atoms with E-state index in [9.17, 15) is 50.6 Å². The number of rotatable bonds is 18. The van der Waals surface area contributed by atoms with E-state index in [2.05, 4.69) is 29.4 Å². The van der Waals surface area contributed by atoms with Crippen molar-refractivity contribution in [2.75, 3.05) is 39.6 Å². The lowest BCUT2D eigenvalue weighted by Gasteiger charge is -2.12. The van der Waals surface area contributed by atoms with Crippen molar-refractivity contribution in [1.82, 2.24) is 37.8 Å². The van der Waals surface area contributed by atoms with Gasteiger partial charge in [0, 0.05) is 55.9 Å². The Morgan fingerprint density at radius 1 is 0.623 bits per heavy atom. The molecular weight excluding hydrogens is 1060 g/mol. The Bertz CT molecular complexity index is 3410. The van der Waals surface area contributed by atoms with Gasteiger partial charge in [-0.3, -0.25) is 42.4 Å². The highest BCUT2D eigenvalue weighted by Gasteiger charge is 2.32. The zero-order chi connectivity index (χ0) is 56.0. The standard InChI is InChI=1S/C24H24F3N5O6.C18H18F3N3O6.C7H8ClN/c1-15-6-7-16(13-28-15)14-32-19-20(30(2)23(35)31(8-9-33)21(19)34)29-22(32)37-11-10-36-17-4-3-5-18(12-17)38-24(25,26)27;1-23-15-13(16(26)24(5-6-25)17(23)27)10-14(22-15)29-8-7-28-11-3-2-4-12(9-11)30-18(19,20)21;1-6-2-3-7(4-8)5-9-6/h3-7,12-13,33H,8-11,14H2,1-2H3;2-4,9,25H,5-8,10H2,1H3;2-3,5H,4H2,1H3. The molecule has 2 aromatic carbocycles. The lowest BCUT2D eigenvalue weighted by Crippen LogP contribution is -2.41. The summed E-state index contributed by atoms with van der Waals surface area (Å²) >= 11 is 5.54. The average molecular weight is 1110 g/mol. The first-order valence-electron chi connectivity index (χ1n) is 23.0. The molecule has 0 aliphatic carbocycles. The molecule has 0 unspecified atom stereocenters.